The zero-order chi connectivity index (χ0) is 15.1. The molecule has 0 radical (unpaired) electrons. The highest BCUT2D eigenvalue weighted by atomic mass is 19.3. The number of carbonyl (C=O) groups excluding carboxylic acids is 1. The highest BCUT2D eigenvalue weighted by molar-refractivity contribution is 5.79. The van der Waals surface area contributed by atoms with Crippen LogP contribution in [0.3, 0.4) is 0 Å². The molecular formula is C14H21F4NO. The molecule has 1 heterocycles. The smallest absolute Gasteiger partial charge is 0.267 e. The number of hydrogen-bond acceptors (Lipinski definition) is 1. The third kappa shape index (κ3) is 3.26. The van der Waals surface area contributed by atoms with E-state index in [9.17, 15) is 22.4 Å². The van der Waals surface area contributed by atoms with Crippen LogP contribution in [0.2, 0.25) is 0 Å². The van der Waals surface area contributed by atoms with Crippen LogP contribution in [0, 0.1) is 11.8 Å². The van der Waals surface area contributed by atoms with Gasteiger partial charge in [-0.1, -0.05) is 13.8 Å². The van der Waals surface area contributed by atoms with Crippen LogP contribution in [0.5, 0.6) is 0 Å². The lowest BCUT2D eigenvalue weighted by molar-refractivity contribution is -0.142. The number of rotatable bonds is 2. The van der Waals surface area contributed by atoms with Gasteiger partial charge in [0.15, 0.2) is 0 Å². The molecule has 1 saturated heterocycles. The van der Waals surface area contributed by atoms with Crippen molar-refractivity contribution in [2.75, 3.05) is 6.54 Å². The molecule has 2 nitrogen and oxygen atoms in total. The SMILES string of the molecule is CC(C)C1CC(F)(F)CN1C(=O)C1CCC(F)(F)CC1. The maximum atomic E-state index is 13.5. The molecule has 0 spiro atoms. The lowest BCUT2D eigenvalue weighted by Crippen LogP contribution is -2.44. The quantitative estimate of drug-likeness (QED) is 0.711. The largest absolute Gasteiger partial charge is 0.333 e. The maximum Gasteiger partial charge on any atom is 0.267 e. The molecule has 1 saturated carbocycles. The Hall–Kier alpha value is -0.810. The molecule has 20 heavy (non-hydrogen) atoms. The molecule has 2 rings (SSSR count). The highest BCUT2D eigenvalue weighted by Gasteiger charge is 2.49. The molecule has 2 aliphatic rings. The molecule has 0 N–H and O–H groups in total. The van der Waals surface area contributed by atoms with Crippen LogP contribution in [-0.2, 0) is 4.79 Å². The number of amides is 1. The number of hydrogen-bond donors (Lipinski definition) is 0. The summed E-state index contributed by atoms with van der Waals surface area (Å²) < 4.78 is 53.3. The molecule has 116 valence electrons. The maximum absolute atomic E-state index is 13.5. The molecule has 1 amide bonds. The summed E-state index contributed by atoms with van der Waals surface area (Å²) in [6.45, 7) is 3.05. The van der Waals surface area contributed by atoms with Crippen molar-refractivity contribution in [1.29, 1.82) is 0 Å². The zero-order valence-corrected chi connectivity index (χ0v) is 11.8. The van der Waals surface area contributed by atoms with Crippen LogP contribution in [0.25, 0.3) is 0 Å². The summed E-state index contributed by atoms with van der Waals surface area (Å²) in [6, 6.07) is -0.486. The first-order valence-electron chi connectivity index (χ1n) is 7.17. The van der Waals surface area contributed by atoms with Crippen LogP contribution in [0.15, 0.2) is 0 Å². The number of nitrogens with zero attached hydrogens (tertiary/aromatic N) is 1. The summed E-state index contributed by atoms with van der Waals surface area (Å²) >= 11 is 0. The van der Waals surface area contributed by atoms with E-state index in [2.05, 4.69) is 0 Å². The van der Waals surface area contributed by atoms with E-state index in [-0.39, 0.29) is 43.9 Å². The van der Waals surface area contributed by atoms with E-state index in [1.165, 1.54) is 4.90 Å². The normalized spacial score (nSPS) is 29.9. The van der Waals surface area contributed by atoms with Gasteiger partial charge in [-0.25, -0.2) is 17.6 Å². The summed E-state index contributed by atoms with van der Waals surface area (Å²) in [4.78, 5) is 13.6. The minimum atomic E-state index is -2.86. The van der Waals surface area contributed by atoms with Gasteiger partial charge in [0, 0.05) is 31.2 Å². The van der Waals surface area contributed by atoms with Gasteiger partial charge in [0.1, 0.15) is 0 Å². The van der Waals surface area contributed by atoms with E-state index >= 15 is 0 Å². The van der Waals surface area contributed by atoms with E-state index in [4.69, 9.17) is 0 Å². The Morgan fingerprint density at radius 1 is 1.10 bits per heavy atom. The van der Waals surface area contributed by atoms with Gasteiger partial charge in [0.05, 0.1) is 6.54 Å². The van der Waals surface area contributed by atoms with Crippen LogP contribution < -0.4 is 0 Å². The fourth-order valence-corrected chi connectivity index (χ4v) is 3.21. The molecule has 0 aromatic heterocycles. The predicted molar refractivity (Wildman–Crippen MR) is 66.8 cm³/mol. The van der Waals surface area contributed by atoms with Crippen molar-refractivity contribution in [1.82, 2.24) is 4.90 Å². The van der Waals surface area contributed by atoms with Crippen molar-refractivity contribution in [3.8, 4) is 0 Å². The summed E-state index contributed by atoms with van der Waals surface area (Å²) in [5.74, 6) is -6.51. The van der Waals surface area contributed by atoms with Gasteiger partial charge >= 0.3 is 0 Å². The van der Waals surface area contributed by atoms with Crippen molar-refractivity contribution in [3.63, 3.8) is 0 Å². The third-order valence-corrected chi connectivity index (χ3v) is 4.43. The van der Waals surface area contributed by atoms with E-state index in [0.29, 0.717) is 0 Å². The number of alkyl halides is 4. The predicted octanol–water partition coefficient (Wildman–Crippen LogP) is 3.70. The Balaban J connectivity index is 2.05. The van der Waals surface area contributed by atoms with Gasteiger partial charge < -0.3 is 4.90 Å². The Kier molecular flexibility index (Phi) is 4.04. The summed E-state index contributed by atoms with van der Waals surface area (Å²) in [5.41, 5.74) is 0. The lowest BCUT2D eigenvalue weighted by Gasteiger charge is -2.33. The minimum Gasteiger partial charge on any atom is -0.333 e. The molecule has 0 aromatic rings. The fourth-order valence-electron chi connectivity index (χ4n) is 3.21. The third-order valence-electron chi connectivity index (χ3n) is 4.43. The van der Waals surface area contributed by atoms with Gasteiger partial charge in [0.25, 0.3) is 5.92 Å². The zero-order valence-electron chi connectivity index (χ0n) is 11.8. The van der Waals surface area contributed by atoms with E-state index < -0.39 is 30.3 Å². The number of halogens is 4. The van der Waals surface area contributed by atoms with Crippen molar-refractivity contribution >= 4 is 5.91 Å². The van der Waals surface area contributed by atoms with Crippen molar-refractivity contribution in [2.45, 2.75) is 63.8 Å². The second kappa shape index (κ2) is 5.19. The minimum absolute atomic E-state index is 0.0580. The molecule has 1 aliphatic heterocycles. The van der Waals surface area contributed by atoms with Crippen molar-refractivity contribution in [2.24, 2.45) is 11.8 Å². The summed E-state index contributed by atoms with van der Waals surface area (Å²) in [7, 11) is 0. The van der Waals surface area contributed by atoms with E-state index in [1.54, 1.807) is 13.8 Å². The molecule has 1 unspecified atom stereocenters. The Morgan fingerprint density at radius 2 is 1.65 bits per heavy atom. The topological polar surface area (TPSA) is 20.3 Å². The average Bonchev–Trinajstić information content (AvgIpc) is 2.65. The van der Waals surface area contributed by atoms with E-state index in [0.717, 1.165) is 0 Å². The van der Waals surface area contributed by atoms with Gasteiger partial charge in [-0.15, -0.1) is 0 Å². The van der Waals surface area contributed by atoms with Gasteiger partial charge in [-0.05, 0) is 18.8 Å². The van der Waals surface area contributed by atoms with Crippen LogP contribution in [0.1, 0.15) is 46.0 Å². The Labute approximate surface area is 116 Å². The second-order valence-electron chi connectivity index (χ2n) is 6.47. The summed E-state index contributed by atoms with van der Waals surface area (Å²) in [6.07, 6.45) is -0.767. The molecule has 6 heteroatoms. The fraction of sp³-hybridized carbons (Fsp3) is 0.929. The number of likely N-dealkylation sites (tertiary alicyclic amines) is 1. The molecule has 0 aromatic carbocycles. The van der Waals surface area contributed by atoms with Crippen LogP contribution in [-0.4, -0.2) is 35.2 Å². The van der Waals surface area contributed by atoms with Crippen molar-refractivity contribution < 1.29 is 22.4 Å². The average molecular weight is 295 g/mol. The molecule has 0 bridgehead atoms. The van der Waals surface area contributed by atoms with Gasteiger partial charge in [-0.2, -0.15) is 0 Å². The molecular weight excluding hydrogens is 274 g/mol. The van der Waals surface area contributed by atoms with E-state index in [1.807, 2.05) is 0 Å². The standard InChI is InChI=1S/C14H21F4NO/c1-9(2)11-7-14(17,18)8-19(11)12(20)10-3-5-13(15,16)6-4-10/h9-11H,3-8H2,1-2H3. The first kappa shape index (κ1) is 15.6. The Bertz CT molecular complexity index is 373. The van der Waals surface area contributed by atoms with Gasteiger partial charge in [-0.3, -0.25) is 4.79 Å². The Morgan fingerprint density at radius 3 is 2.15 bits per heavy atom. The number of carbonyl (C=O) groups is 1. The highest BCUT2D eigenvalue weighted by Crippen LogP contribution is 2.40. The first-order valence-corrected chi connectivity index (χ1v) is 7.17. The summed E-state index contributed by atoms with van der Waals surface area (Å²) in [5, 5.41) is 0. The van der Waals surface area contributed by atoms with Gasteiger partial charge in [0.2, 0.25) is 11.8 Å². The molecule has 1 aliphatic carbocycles. The molecule has 2 fully saturated rings. The lowest BCUT2D eigenvalue weighted by atomic mass is 9.85. The molecule has 1 atom stereocenters. The first-order chi connectivity index (χ1) is 9.11. The van der Waals surface area contributed by atoms with Crippen LogP contribution >= 0.6 is 0 Å². The second-order valence-corrected chi connectivity index (χ2v) is 6.47. The monoisotopic (exact) mass is 295 g/mol. The van der Waals surface area contributed by atoms with Crippen molar-refractivity contribution in [3.05, 3.63) is 0 Å². The van der Waals surface area contributed by atoms with Crippen LogP contribution in [0.4, 0.5) is 17.6 Å².